The molecule has 0 spiro atoms. The maximum absolute atomic E-state index is 14.9. The summed E-state index contributed by atoms with van der Waals surface area (Å²) in [6, 6.07) is 17.2. The van der Waals surface area contributed by atoms with Gasteiger partial charge in [-0.25, -0.2) is 13.6 Å². The summed E-state index contributed by atoms with van der Waals surface area (Å²) in [7, 11) is 0. The number of esters is 1. The van der Waals surface area contributed by atoms with E-state index in [-0.39, 0.29) is 29.0 Å². The van der Waals surface area contributed by atoms with Gasteiger partial charge in [-0.1, -0.05) is 43.7 Å². The molecule has 0 aliphatic carbocycles. The molecule has 0 aromatic heterocycles. The van der Waals surface area contributed by atoms with Gasteiger partial charge >= 0.3 is 5.97 Å². The van der Waals surface area contributed by atoms with E-state index in [4.69, 9.17) is 14.2 Å². The van der Waals surface area contributed by atoms with E-state index >= 15 is 0 Å². The largest absolute Gasteiger partial charge is 0.494 e. The molecule has 212 valence electrons. The van der Waals surface area contributed by atoms with Crippen LogP contribution in [0.5, 0.6) is 17.2 Å². The smallest absolute Gasteiger partial charge is 0.343 e. The normalized spacial score (nSPS) is 10.8. The van der Waals surface area contributed by atoms with Crippen molar-refractivity contribution in [3.05, 3.63) is 114 Å². The van der Waals surface area contributed by atoms with Crippen LogP contribution < -0.4 is 14.2 Å². The van der Waals surface area contributed by atoms with Gasteiger partial charge in [-0.3, -0.25) is 0 Å². The van der Waals surface area contributed by atoms with Crippen LogP contribution in [-0.2, 0) is 0 Å². The topological polar surface area (TPSA) is 44.8 Å². The fraction of sp³-hybridized carbons (Fsp3) is 0.182. The van der Waals surface area contributed by atoms with E-state index in [0.717, 1.165) is 12.8 Å². The predicted molar refractivity (Wildman–Crippen MR) is 149 cm³/mol. The molecule has 4 aromatic carbocycles. The molecule has 0 aliphatic heterocycles. The van der Waals surface area contributed by atoms with Gasteiger partial charge in [-0.2, -0.15) is 8.78 Å². The Bertz CT molecular complexity index is 1520. The van der Waals surface area contributed by atoms with Gasteiger partial charge in [0, 0.05) is 11.1 Å². The number of carbonyl (C=O) groups is 1. The molecule has 0 radical (unpaired) electrons. The highest BCUT2D eigenvalue weighted by Crippen LogP contribution is 2.32. The molecule has 4 aromatic rings. The number of halogens is 4. The Balaban J connectivity index is 1.45. The molecule has 0 saturated heterocycles. The minimum absolute atomic E-state index is 0.00144. The summed E-state index contributed by atoms with van der Waals surface area (Å²) in [4.78, 5) is 12.6. The minimum Gasteiger partial charge on any atom is -0.494 e. The second-order valence-electron chi connectivity index (χ2n) is 9.10. The fourth-order valence-corrected chi connectivity index (χ4v) is 3.96. The van der Waals surface area contributed by atoms with Crippen LogP contribution in [0.1, 0.15) is 36.5 Å². The van der Waals surface area contributed by atoms with Crippen LogP contribution in [-0.4, -0.2) is 19.2 Å². The standard InChI is InChI=1S/C33H28F4O4/c1-3-5-19-39-24-13-11-22(12-14-24)26-16-18-28(32(37)30(26)35)41-33(38)23-9-7-21(8-10-23)25-15-17-27(31(36)29(25)34)40-20-6-4-2/h4,7-18H,2-3,5-6,19-20H2,1H3. The lowest BCUT2D eigenvalue weighted by Crippen LogP contribution is -2.10. The van der Waals surface area contributed by atoms with Gasteiger partial charge in [0.25, 0.3) is 0 Å². The third-order valence-corrected chi connectivity index (χ3v) is 6.24. The molecule has 0 aliphatic rings. The molecule has 0 bridgehead atoms. The fourth-order valence-electron chi connectivity index (χ4n) is 3.96. The van der Waals surface area contributed by atoms with Crippen molar-refractivity contribution >= 4 is 5.97 Å². The van der Waals surface area contributed by atoms with E-state index in [0.29, 0.717) is 29.9 Å². The molecule has 0 atom stereocenters. The van der Waals surface area contributed by atoms with Gasteiger partial charge in [-0.05, 0) is 72.5 Å². The quantitative estimate of drug-likeness (QED) is 0.0567. The lowest BCUT2D eigenvalue weighted by atomic mass is 10.0. The van der Waals surface area contributed by atoms with E-state index in [9.17, 15) is 22.4 Å². The highest BCUT2D eigenvalue weighted by atomic mass is 19.2. The number of benzene rings is 4. The first-order valence-electron chi connectivity index (χ1n) is 13.1. The van der Waals surface area contributed by atoms with Crippen molar-refractivity contribution in [2.75, 3.05) is 13.2 Å². The van der Waals surface area contributed by atoms with Crippen LogP contribution in [0.3, 0.4) is 0 Å². The zero-order valence-corrected chi connectivity index (χ0v) is 22.4. The highest BCUT2D eigenvalue weighted by Gasteiger charge is 2.20. The summed E-state index contributed by atoms with van der Waals surface area (Å²) in [5.74, 6) is -5.85. The summed E-state index contributed by atoms with van der Waals surface area (Å²) in [6.45, 7) is 6.32. The Morgan fingerprint density at radius 2 is 1.27 bits per heavy atom. The van der Waals surface area contributed by atoms with E-state index in [1.807, 2.05) is 0 Å². The number of ether oxygens (including phenoxy) is 3. The second-order valence-corrected chi connectivity index (χ2v) is 9.10. The van der Waals surface area contributed by atoms with E-state index < -0.39 is 35.0 Å². The molecular formula is C33H28F4O4. The van der Waals surface area contributed by atoms with Crippen molar-refractivity contribution in [3.63, 3.8) is 0 Å². The Morgan fingerprint density at radius 3 is 1.85 bits per heavy atom. The molecule has 8 heteroatoms. The van der Waals surface area contributed by atoms with Crippen LogP contribution in [0, 0.1) is 23.3 Å². The first kappa shape index (κ1) is 29.4. The summed E-state index contributed by atoms with van der Waals surface area (Å²) in [6.07, 6.45) is 3.98. The van der Waals surface area contributed by atoms with Crippen molar-refractivity contribution in [1.29, 1.82) is 0 Å². The Morgan fingerprint density at radius 1 is 0.707 bits per heavy atom. The van der Waals surface area contributed by atoms with Crippen LogP contribution in [0.25, 0.3) is 22.3 Å². The highest BCUT2D eigenvalue weighted by molar-refractivity contribution is 5.91. The van der Waals surface area contributed by atoms with Crippen molar-refractivity contribution in [1.82, 2.24) is 0 Å². The van der Waals surface area contributed by atoms with Crippen molar-refractivity contribution in [3.8, 4) is 39.5 Å². The molecule has 0 saturated carbocycles. The number of rotatable bonds is 12. The Labute approximate surface area is 235 Å². The van der Waals surface area contributed by atoms with Crippen LogP contribution in [0.4, 0.5) is 17.6 Å². The Kier molecular flexibility index (Phi) is 9.79. The first-order valence-corrected chi connectivity index (χ1v) is 13.1. The van der Waals surface area contributed by atoms with Gasteiger partial charge in [0.15, 0.2) is 23.1 Å². The van der Waals surface area contributed by atoms with Crippen molar-refractivity contribution < 1.29 is 36.6 Å². The number of carbonyl (C=O) groups excluding carboxylic acids is 1. The summed E-state index contributed by atoms with van der Waals surface area (Å²) in [5, 5.41) is 0. The minimum atomic E-state index is -1.32. The molecular weight excluding hydrogens is 536 g/mol. The van der Waals surface area contributed by atoms with Gasteiger partial charge < -0.3 is 14.2 Å². The van der Waals surface area contributed by atoms with Gasteiger partial charge in [-0.15, -0.1) is 6.58 Å². The first-order chi connectivity index (χ1) is 19.8. The van der Waals surface area contributed by atoms with Crippen molar-refractivity contribution in [2.24, 2.45) is 0 Å². The lowest BCUT2D eigenvalue weighted by molar-refractivity contribution is 0.0726. The zero-order chi connectivity index (χ0) is 29.4. The third kappa shape index (κ3) is 6.95. The summed E-state index contributed by atoms with van der Waals surface area (Å²) >= 11 is 0. The number of hydrogen-bond donors (Lipinski definition) is 0. The van der Waals surface area contributed by atoms with Gasteiger partial charge in [0.1, 0.15) is 5.75 Å². The average molecular weight is 565 g/mol. The van der Waals surface area contributed by atoms with E-state index in [1.165, 1.54) is 48.5 Å². The molecule has 4 rings (SSSR count). The number of hydrogen-bond acceptors (Lipinski definition) is 4. The summed E-state index contributed by atoms with van der Waals surface area (Å²) < 4.78 is 74.8. The van der Waals surface area contributed by atoms with Crippen LogP contribution in [0.15, 0.2) is 85.5 Å². The van der Waals surface area contributed by atoms with Crippen LogP contribution >= 0.6 is 0 Å². The SMILES string of the molecule is C=CCCOc1ccc(-c2ccc(C(=O)Oc3ccc(-c4ccc(OCCCC)cc4)c(F)c3F)cc2)c(F)c1F. The second kappa shape index (κ2) is 13.7. The predicted octanol–water partition coefficient (Wildman–Crippen LogP) is 8.93. The zero-order valence-electron chi connectivity index (χ0n) is 22.4. The van der Waals surface area contributed by atoms with Gasteiger partial charge in [0.2, 0.25) is 11.6 Å². The van der Waals surface area contributed by atoms with E-state index in [1.54, 1.807) is 30.3 Å². The molecule has 0 unspecified atom stereocenters. The number of unbranched alkanes of at least 4 members (excludes halogenated alkanes) is 1. The maximum atomic E-state index is 14.9. The molecule has 0 N–H and O–H groups in total. The molecule has 0 amide bonds. The summed E-state index contributed by atoms with van der Waals surface area (Å²) in [5.41, 5.74) is 0.680. The average Bonchev–Trinajstić information content (AvgIpc) is 2.99. The molecule has 0 heterocycles. The Hall–Kier alpha value is -4.59. The van der Waals surface area contributed by atoms with Gasteiger partial charge in [0.05, 0.1) is 18.8 Å². The molecule has 0 fully saturated rings. The lowest BCUT2D eigenvalue weighted by Gasteiger charge is -2.11. The van der Waals surface area contributed by atoms with E-state index in [2.05, 4.69) is 13.5 Å². The molecule has 41 heavy (non-hydrogen) atoms. The van der Waals surface area contributed by atoms with Crippen LogP contribution in [0.2, 0.25) is 0 Å². The maximum Gasteiger partial charge on any atom is 0.343 e. The monoisotopic (exact) mass is 564 g/mol. The molecule has 4 nitrogen and oxygen atoms in total. The van der Waals surface area contributed by atoms with Crippen molar-refractivity contribution in [2.45, 2.75) is 26.2 Å². The third-order valence-electron chi connectivity index (χ3n) is 6.24.